The molecule has 0 bridgehead atoms. The molecule has 0 fully saturated rings. The number of nitrogens with zero attached hydrogens (tertiary/aromatic N) is 4. The second kappa shape index (κ2) is 6.11. The smallest absolute Gasteiger partial charge is 0.255 e. The maximum atomic E-state index is 12.0. The zero-order valence-corrected chi connectivity index (χ0v) is 12.9. The average molecular weight is 320 g/mol. The second-order valence-electron chi connectivity index (χ2n) is 5.58. The van der Waals surface area contributed by atoms with Crippen LogP contribution < -0.4 is 15.8 Å². The lowest BCUT2D eigenvalue weighted by Crippen LogP contribution is -2.35. The molecule has 1 aromatic carbocycles. The minimum Gasteiger partial charge on any atom is -0.351 e. The molecule has 0 saturated carbocycles. The SMILES string of the molecule is O=c1[nH]cnc2c1CN(c1cc(Nc3ccccc3)ncn1)CC2. The maximum Gasteiger partial charge on any atom is 0.255 e. The van der Waals surface area contributed by atoms with Gasteiger partial charge in [-0.2, -0.15) is 0 Å². The molecule has 120 valence electrons. The maximum absolute atomic E-state index is 12.0. The number of hydrogen-bond acceptors (Lipinski definition) is 6. The summed E-state index contributed by atoms with van der Waals surface area (Å²) in [5.74, 6) is 1.51. The fraction of sp³-hybridized carbons (Fsp3) is 0.176. The number of para-hydroxylation sites is 1. The normalized spacial score (nSPS) is 13.4. The van der Waals surface area contributed by atoms with Crippen molar-refractivity contribution >= 4 is 17.3 Å². The van der Waals surface area contributed by atoms with E-state index in [-0.39, 0.29) is 5.56 Å². The molecule has 0 aliphatic carbocycles. The predicted octanol–water partition coefficient (Wildman–Crippen LogP) is 1.87. The summed E-state index contributed by atoms with van der Waals surface area (Å²) >= 11 is 0. The van der Waals surface area contributed by atoms with Crippen LogP contribution in [-0.2, 0) is 13.0 Å². The molecule has 3 heterocycles. The first-order valence-corrected chi connectivity index (χ1v) is 7.74. The molecule has 2 aromatic heterocycles. The summed E-state index contributed by atoms with van der Waals surface area (Å²) in [5.41, 5.74) is 2.46. The fourth-order valence-corrected chi connectivity index (χ4v) is 2.81. The van der Waals surface area contributed by atoms with E-state index in [1.165, 1.54) is 12.7 Å². The topological polar surface area (TPSA) is 86.8 Å². The Labute approximate surface area is 138 Å². The highest BCUT2D eigenvalue weighted by molar-refractivity contribution is 5.59. The highest BCUT2D eigenvalue weighted by atomic mass is 16.1. The monoisotopic (exact) mass is 320 g/mol. The molecule has 7 nitrogen and oxygen atoms in total. The van der Waals surface area contributed by atoms with E-state index in [0.29, 0.717) is 12.1 Å². The first kappa shape index (κ1) is 14.4. The van der Waals surface area contributed by atoms with Crippen molar-refractivity contribution in [3.05, 3.63) is 70.7 Å². The summed E-state index contributed by atoms with van der Waals surface area (Å²) in [6.45, 7) is 1.27. The van der Waals surface area contributed by atoms with E-state index < -0.39 is 0 Å². The van der Waals surface area contributed by atoms with Gasteiger partial charge in [0.25, 0.3) is 5.56 Å². The van der Waals surface area contributed by atoms with Crippen LogP contribution >= 0.6 is 0 Å². The van der Waals surface area contributed by atoms with E-state index in [1.54, 1.807) is 0 Å². The van der Waals surface area contributed by atoms with Gasteiger partial charge in [0.1, 0.15) is 18.0 Å². The molecule has 4 rings (SSSR count). The Morgan fingerprint density at radius 1 is 1.12 bits per heavy atom. The Balaban J connectivity index is 1.58. The number of H-pyrrole nitrogens is 1. The van der Waals surface area contributed by atoms with Gasteiger partial charge in [0, 0.05) is 24.7 Å². The van der Waals surface area contributed by atoms with Crippen molar-refractivity contribution in [2.75, 3.05) is 16.8 Å². The van der Waals surface area contributed by atoms with Crippen LogP contribution in [0.3, 0.4) is 0 Å². The van der Waals surface area contributed by atoms with E-state index in [4.69, 9.17) is 0 Å². The first-order chi connectivity index (χ1) is 11.8. The highest BCUT2D eigenvalue weighted by Gasteiger charge is 2.21. The minimum absolute atomic E-state index is 0.0820. The van der Waals surface area contributed by atoms with Crippen LogP contribution in [0.4, 0.5) is 17.3 Å². The van der Waals surface area contributed by atoms with Gasteiger partial charge in [-0.05, 0) is 12.1 Å². The van der Waals surface area contributed by atoms with Crippen LogP contribution in [0.25, 0.3) is 0 Å². The summed E-state index contributed by atoms with van der Waals surface area (Å²) in [6, 6.07) is 11.7. The third-order valence-corrected chi connectivity index (χ3v) is 4.03. The van der Waals surface area contributed by atoms with E-state index in [9.17, 15) is 4.79 Å². The number of fused-ring (bicyclic) bond motifs is 1. The quantitative estimate of drug-likeness (QED) is 0.766. The Hall–Kier alpha value is -3.22. The van der Waals surface area contributed by atoms with Crippen molar-refractivity contribution in [2.45, 2.75) is 13.0 Å². The van der Waals surface area contributed by atoms with Crippen LogP contribution in [0.2, 0.25) is 0 Å². The Morgan fingerprint density at radius 2 is 2.00 bits per heavy atom. The van der Waals surface area contributed by atoms with Crippen molar-refractivity contribution in [1.29, 1.82) is 0 Å². The molecule has 0 radical (unpaired) electrons. The summed E-state index contributed by atoms with van der Waals surface area (Å²) in [4.78, 5) is 29.6. The van der Waals surface area contributed by atoms with Gasteiger partial charge in [-0.15, -0.1) is 0 Å². The van der Waals surface area contributed by atoms with Crippen LogP contribution in [0.1, 0.15) is 11.3 Å². The third kappa shape index (κ3) is 2.83. The molecule has 0 spiro atoms. The Morgan fingerprint density at radius 3 is 2.88 bits per heavy atom. The third-order valence-electron chi connectivity index (χ3n) is 4.03. The van der Waals surface area contributed by atoms with E-state index in [0.717, 1.165) is 36.0 Å². The average Bonchev–Trinajstić information content (AvgIpc) is 2.63. The molecule has 0 saturated heterocycles. The van der Waals surface area contributed by atoms with Gasteiger partial charge in [0.15, 0.2) is 0 Å². The number of aromatic amines is 1. The molecule has 3 aromatic rings. The van der Waals surface area contributed by atoms with Gasteiger partial charge in [-0.25, -0.2) is 15.0 Å². The van der Waals surface area contributed by atoms with Crippen molar-refractivity contribution in [3.63, 3.8) is 0 Å². The molecule has 0 amide bonds. The lowest BCUT2D eigenvalue weighted by molar-refractivity contribution is 0.688. The molecular formula is C17H16N6O. The van der Waals surface area contributed by atoms with Crippen molar-refractivity contribution in [3.8, 4) is 0 Å². The van der Waals surface area contributed by atoms with Crippen molar-refractivity contribution < 1.29 is 0 Å². The lowest BCUT2D eigenvalue weighted by atomic mass is 10.1. The van der Waals surface area contributed by atoms with Crippen LogP contribution in [0, 0.1) is 0 Å². The number of hydrogen-bond donors (Lipinski definition) is 2. The molecule has 0 unspecified atom stereocenters. The Kier molecular flexibility index (Phi) is 3.66. The molecule has 1 aliphatic rings. The molecular weight excluding hydrogens is 304 g/mol. The van der Waals surface area contributed by atoms with Gasteiger partial charge in [-0.3, -0.25) is 4.79 Å². The zero-order valence-electron chi connectivity index (χ0n) is 12.9. The van der Waals surface area contributed by atoms with Crippen LogP contribution in [0.15, 0.2) is 53.8 Å². The molecule has 2 N–H and O–H groups in total. The Bertz CT molecular complexity index is 908. The molecule has 1 aliphatic heterocycles. The molecule has 0 atom stereocenters. The first-order valence-electron chi connectivity index (χ1n) is 7.74. The van der Waals surface area contributed by atoms with Gasteiger partial charge >= 0.3 is 0 Å². The summed E-state index contributed by atoms with van der Waals surface area (Å²) < 4.78 is 0. The number of anilines is 3. The lowest BCUT2D eigenvalue weighted by Gasteiger charge is -2.28. The largest absolute Gasteiger partial charge is 0.351 e. The second-order valence-corrected chi connectivity index (χ2v) is 5.58. The number of benzene rings is 1. The van der Waals surface area contributed by atoms with Crippen molar-refractivity contribution in [2.24, 2.45) is 0 Å². The zero-order chi connectivity index (χ0) is 16.4. The number of rotatable bonds is 3. The molecule has 24 heavy (non-hydrogen) atoms. The van der Waals surface area contributed by atoms with Gasteiger partial charge in [0.2, 0.25) is 0 Å². The van der Waals surface area contributed by atoms with Crippen molar-refractivity contribution in [1.82, 2.24) is 19.9 Å². The molecule has 7 heteroatoms. The minimum atomic E-state index is -0.0820. The number of aromatic nitrogens is 4. The highest BCUT2D eigenvalue weighted by Crippen LogP contribution is 2.22. The predicted molar refractivity (Wildman–Crippen MR) is 91.4 cm³/mol. The number of nitrogens with one attached hydrogen (secondary N) is 2. The van der Waals surface area contributed by atoms with Gasteiger partial charge in [-0.1, -0.05) is 18.2 Å². The van der Waals surface area contributed by atoms with E-state index >= 15 is 0 Å². The summed E-state index contributed by atoms with van der Waals surface area (Å²) in [5, 5.41) is 3.26. The van der Waals surface area contributed by atoms with Gasteiger partial charge in [0.05, 0.1) is 24.1 Å². The standard InChI is InChI=1S/C17H16N6O/c24-17-13-9-23(7-6-14(13)18-10-21-17)16-8-15(19-11-20-16)22-12-4-2-1-3-5-12/h1-5,8,10-11H,6-7,9H2,(H,18,21,24)(H,19,20,22). The van der Waals surface area contributed by atoms with E-state index in [1.807, 2.05) is 36.4 Å². The van der Waals surface area contributed by atoms with Crippen LogP contribution in [0.5, 0.6) is 0 Å². The van der Waals surface area contributed by atoms with E-state index in [2.05, 4.69) is 30.2 Å². The summed E-state index contributed by atoms with van der Waals surface area (Å²) in [6.07, 6.45) is 3.72. The van der Waals surface area contributed by atoms with Gasteiger partial charge < -0.3 is 15.2 Å². The fourth-order valence-electron chi connectivity index (χ4n) is 2.81. The summed E-state index contributed by atoms with van der Waals surface area (Å²) in [7, 11) is 0. The van der Waals surface area contributed by atoms with Crippen LogP contribution in [-0.4, -0.2) is 26.5 Å².